The monoisotopic (exact) mass is 164 g/mol. The van der Waals surface area contributed by atoms with Crippen molar-refractivity contribution in [1.82, 2.24) is 0 Å². The van der Waals surface area contributed by atoms with Crippen LogP contribution in [0.2, 0.25) is 0 Å². The van der Waals surface area contributed by atoms with Crippen LogP contribution in [0.3, 0.4) is 0 Å². The largest absolute Gasteiger partial charge is 0.519 e. The minimum atomic E-state index is -0.632. The molecule has 0 heterocycles. The first kappa shape index (κ1) is 8.01. The zero-order chi connectivity index (χ0) is 9.14. The van der Waals surface area contributed by atoms with Crippen LogP contribution in [-0.2, 0) is 0 Å². The summed E-state index contributed by atoms with van der Waals surface area (Å²) in [6, 6.07) is 3.33. The Hall–Kier alpha value is -2.09. The molecule has 0 atom stereocenters. The Morgan fingerprint density at radius 2 is 2.25 bits per heavy atom. The lowest BCUT2D eigenvalue weighted by Crippen LogP contribution is -1.85. The van der Waals surface area contributed by atoms with Gasteiger partial charge < -0.3 is 5.11 Å². The van der Waals surface area contributed by atoms with Crippen LogP contribution < -0.4 is 0 Å². The van der Waals surface area contributed by atoms with E-state index in [1.165, 1.54) is 12.1 Å². The minimum absolute atomic E-state index is 0.0144. The summed E-state index contributed by atoms with van der Waals surface area (Å²) in [5.74, 6) is -0.362. The highest BCUT2D eigenvalue weighted by Crippen LogP contribution is 2.29. The SMILES string of the molecule is [C-]#[N+]c1ccc([N+](=O)[O-])cc1O. The molecule has 1 rings (SSSR count). The second kappa shape index (κ2) is 2.88. The first-order valence-corrected chi connectivity index (χ1v) is 3.00. The first-order valence-electron chi connectivity index (χ1n) is 3.00. The Labute approximate surface area is 67.8 Å². The van der Waals surface area contributed by atoms with Crippen LogP contribution in [0.5, 0.6) is 5.75 Å². The fraction of sp³-hybridized carbons (Fsp3) is 0. The van der Waals surface area contributed by atoms with Gasteiger partial charge in [0.25, 0.3) is 5.69 Å². The van der Waals surface area contributed by atoms with Gasteiger partial charge in [-0.25, -0.2) is 4.85 Å². The maximum absolute atomic E-state index is 10.2. The molecule has 12 heavy (non-hydrogen) atoms. The van der Waals surface area contributed by atoms with Gasteiger partial charge >= 0.3 is 0 Å². The average Bonchev–Trinajstić information content (AvgIpc) is 2.04. The van der Waals surface area contributed by atoms with E-state index in [-0.39, 0.29) is 17.1 Å². The van der Waals surface area contributed by atoms with Crippen molar-refractivity contribution in [1.29, 1.82) is 0 Å². The summed E-state index contributed by atoms with van der Waals surface area (Å²) in [5, 5.41) is 19.2. The van der Waals surface area contributed by atoms with E-state index in [1.54, 1.807) is 0 Å². The topological polar surface area (TPSA) is 67.7 Å². The third-order valence-electron chi connectivity index (χ3n) is 1.29. The van der Waals surface area contributed by atoms with Crippen LogP contribution >= 0.6 is 0 Å². The van der Waals surface area contributed by atoms with Gasteiger partial charge in [-0.3, -0.25) is 10.1 Å². The van der Waals surface area contributed by atoms with E-state index in [0.29, 0.717) is 0 Å². The Balaban J connectivity index is 3.21. The van der Waals surface area contributed by atoms with Crippen molar-refractivity contribution in [2.24, 2.45) is 0 Å². The van der Waals surface area contributed by atoms with Gasteiger partial charge in [-0.05, 0) is 6.07 Å². The number of non-ortho nitro benzene ring substituents is 1. The molecule has 1 N–H and O–H groups in total. The number of nitro groups is 1. The van der Waals surface area contributed by atoms with Crippen molar-refractivity contribution in [3.05, 3.63) is 39.7 Å². The molecule has 1 aromatic carbocycles. The zero-order valence-electron chi connectivity index (χ0n) is 5.89. The van der Waals surface area contributed by atoms with Gasteiger partial charge in [0.15, 0.2) is 0 Å². The van der Waals surface area contributed by atoms with Gasteiger partial charge in [0.2, 0.25) is 5.69 Å². The maximum atomic E-state index is 10.2. The number of nitrogens with zero attached hydrogens (tertiary/aromatic N) is 2. The van der Waals surface area contributed by atoms with E-state index in [0.717, 1.165) is 6.07 Å². The second-order valence-electron chi connectivity index (χ2n) is 2.04. The number of hydrogen-bond donors (Lipinski definition) is 1. The van der Waals surface area contributed by atoms with Crippen molar-refractivity contribution >= 4 is 11.4 Å². The Morgan fingerprint density at radius 3 is 2.67 bits per heavy atom. The van der Waals surface area contributed by atoms with Gasteiger partial charge in [-0.2, -0.15) is 0 Å². The zero-order valence-corrected chi connectivity index (χ0v) is 5.89. The third-order valence-corrected chi connectivity index (χ3v) is 1.29. The lowest BCUT2D eigenvalue weighted by atomic mass is 10.2. The van der Waals surface area contributed by atoms with E-state index in [2.05, 4.69) is 4.85 Å². The fourth-order valence-electron chi connectivity index (χ4n) is 0.720. The Morgan fingerprint density at radius 1 is 1.58 bits per heavy atom. The number of benzene rings is 1. The summed E-state index contributed by atoms with van der Waals surface area (Å²) in [5.41, 5.74) is -0.208. The summed E-state index contributed by atoms with van der Waals surface area (Å²) in [6.45, 7) is 6.56. The molecule has 0 aliphatic rings. The minimum Gasteiger partial charge on any atom is -0.519 e. The Kier molecular flexibility index (Phi) is 1.92. The van der Waals surface area contributed by atoms with Gasteiger partial charge in [0.05, 0.1) is 11.5 Å². The molecule has 0 amide bonds. The van der Waals surface area contributed by atoms with E-state index in [9.17, 15) is 10.1 Å². The van der Waals surface area contributed by atoms with Crippen LogP contribution in [0.25, 0.3) is 4.85 Å². The normalized spacial score (nSPS) is 8.92. The van der Waals surface area contributed by atoms with Crippen LogP contribution in [0.15, 0.2) is 18.2 Å². The smallest absolute Gasteiger partial charge is 0.270 e. The van der Waals surface area contributed by atoms with Crippen molar-refractivity contribution in [2.75, 3.05) is 0 Å². The van der Waals surface area contributed by atoms with Crippen molar-refractivity contribution in [2.45, 2.75) is 0 Å². The van der Waals surface area contributed by atoms with E-state index < -0.39 is 4.92 Å². The molecule has 0 bridgehead atoms. The third kappa shape index (κ3) is 1.32. The molecule has 0 fully saturated rings. The molecular formula is C7H4N2O3. The van der Waals surface area contributed by atoms with Gasteiger partial charge in [-0.1, -0.05) is 0 Å². The molecule has 0 aromatic heterocycles. The van der Waals surface area contributed by atoms with Crippen LogP contribution in [0, 0.1) is 16.7 Å². The number of phenolic OH excluding ortho intramolecular Hbond substituents is 1. The lowest BCUT2D eigenvalue weighted by Gasteiger charge is -1.94. The van der Waals surface area contributed by atoms with Crippen molar-refractivity contribution in [3.8, 4) is 5.75 Å². The average molecular weight is 164 g/mol. The molecule has 0 aliphatic carbocycles. The van der Waals surface area contributed by atoms with Crippen molar-refractivity contribution in [3.63, 3.8) is 0 Å². The number of aromatic hydroxyl groups is 1. The first-order chi connectivity index (χ1) is 5.65. The highest BCUT2D eigenvalue weighted by atomic mass is 16.6. The molecule has 0 aliphatic heterocycles. The second-order valence-corrected chi connectivity index (χ2v) is 2.04. The summed E-state index contributed by atoms with van der Waals surface area (Å²) >= 11 is 0. The number of nitro benzene ring substituents is 1. The molecule has 0 radical (unpaired) electrons. The Bertz CT molecular complexity index is 367. The number of hydrogen-bond acceptors (Lipinski definition) is 3. The molecule has 5 heteroatoms. The van der Waals surface area contributed by atoms with Crippen molar-refractivity contribution < 1.29 is 10.0 Å². The van der Waals surface area contributed by atoms with Gasteiger partial charge in [-0.15, -0.1) is 0 Å². The molecule has 0 saturated heterocycles. The van der Waals surface area contributed by atoms with E-state index >= 15 is 0 Å². The molecule has 0 unspecified atom stereocenters. The molecule has 0 saturated carbocycles. The fourth-order valence-corrected chi connectivity index (χ4v) is 0.720. The summed E-state index contributed by atoms with van der Waals surface area (Å²) in [4.78, 5) is 12.5. The molecular weight excluding hydrogens is 160 g/mol. The summed E-state index contributed by atoms with van der Waals surface area (Å²) in [7, 11) is 0. The lowest BCUT2D eigenvalue weighted by molar-refractivity contribution is -0.384. The maximum Gasteiger partial charge on any atom is 0.270 e. The van der Waals surface area contributed by atoms with E-state index in [4.69, 9.17) is 11.7 Å². The van der Waals surface area contributed by atoms with Gasteiger partial charge in [0.1, 0.15) is 5.75 Å². The van der Waals surface area contributed by atoms with E-state index in [1.807, 2.05) is 0 Å². The van der Waals surface area contributed by atoms with Crippen LogP contribution in [0.4, 0.5) is 11.4 Å². The molecule has 5 nitrogen and oxygen atoms in total. The molecule has 60 valence electrons. The summed E-state index contributed by atoms with van der Waals surface area (Å²) < 4.78 is 0. The standard InChI is InChI=1S/C7H4N2O3/c1-8-6-3-2-5(9(11)12)4-7(6)10/h2-4,10H. The number of phenols is 1. The highest BCUT2D eigenvalue weighted by Gasteiger charge is 2.08. The predicted molar refractivity (Wildman–Crippen MR) is 41.0 cm³/mol. The quantitative estimate of drug-likeness (QED) is 0.391. The predicted octanol–water partition coefficient (Wildman–Crippen LogP) is 1.85. The van der Waals surface area contributed by atoms with Crippen LogP contribution in [0.1, 0.15) is 0 Å². The van der Waals surface area contributed by atoms with Crippen LogP contribution in [-0.4, -0.2) is 10.0 Å². The number of rotatable bonds is 1. The molecule has 0 spiro atoms. The highest BCUT2D eigenvalue weighted by molar-refractivity contribution is 5.60. The summed E-state index contributed by atoms with van der Waals surface area (Å²) in [6.07, 6.45) is 0. The van der Waals surface area contributed by atoms with Gasteiger partial charge in [0, 0.05) is 12.1 Å². The molecule has 1 aromatic rings.